The van der Waals surface area contributed by atoms with Crippen LogP contribution in [0.5, 0.6) is 0 Å². The molecule has 3 N–H and O–H groups in total. The van der Waals surface area contributed by atoms with Crippen molar-refractivity contribution in [1.82, 2.24) is 5.32 Å². The maximum Gasteiger partial charge on any atom is 0.389 e. The van der Waals surface area contributed by atoms with E-state index in [4.69, 9.17) is 5.73 Å². The van der Waals surface area contributed by atoms with E-state index in [1.165, 1.54) is 0 Å². The quantitative estimate of drug-likeness (QED) is 0.751. The Morgan fingerprint density at radius 2 is 2.06 bits per heavy atom. The van der Waals surface area contributed by atoms with Crippen LogP contribution in [0.25, 0.3) is 0 Å². The van der Waals surface area contributed by atoms with E-state index in [0.29, 0.717) is 6.42 Å². The van der Waals surface area contributed by atoms with Gasteiger partial charge in [0.2, 0.25) is 5.91 Å². The van der Waals surface area contributed by atoms with Gasteiger partial charge >= 0.3 is 6.18 Å². The van der Waals surface area contributed by atoms with Gasteiger partial charge in [0, 0.05) is 24.9 Å². The summed E-state index contributed by atoms with van der Waals surface area (Å²) in [5, 5.41) is 2.55. The molecule has 1 aliphatic rings. The standard InChI is InChI=1S/C11H19F3N2O/c12-11(13,14)5-2-6-16-10(17)8-3-1-4-9(15)7-8/h8-9H,1-7,15H2,(H,16,17). The number of halogens is 3. The van der Waals surface area contributed by atoms with E-state index >= 15 is 0 Å². The molecule has 0 aromatic carbocycles. The predicted octanol–water partition coefficient (Wildman–Crippen LogP) is 1.96. The summed E-state index contributed by atoms with van der Waals surface area (Å²) in [5.74, 6) is -0.271. The van der Waals surface area contributed by atoms with E-state index in [2.05, 4.69) is 5.32 Å². The van der Waals surface area contributed by atoms with E-state index in [1.54, 1.807) is 0 Å². The average molecular weight is 252 g/mol. The topological polar surface area (TPSA) is 55.1 Å². The third-order valence-corrected chi connectivity index (χ3v) is 3.02. The van der Waals surface area contributed by atoms with Crippen LogP contribution in [-0.4, -0.2) is 24.7 Å². The van der Waals surface area contributed by atoms with E-state index in [1.807, 2.05) is 0 Å². The molecule has 0 bridgehead atoms. The lowest BCUT2D eigenvalue weighted by Crippen LogP contribution is -2.38. The van der Waals surface area contributed by atoms with Crippen molar-refractivity contribution in [2.45, 2.75) is 50.7 Å². The first-order chi connectivity index (χ1) is 7.88. The number of nitrogens with one attached hydrogen (secondary N) is 1. The lowest BCUT2D eigenvalue weighted by atomic mass is 9.85. The SMILES string of the molecule is NC1CCCC(C(=O)NCCCC(F)(F)F)C1. The zero-order valence-electron chi connectivity index (χ0n) is 9.72. The van der Waals surface area contributed by atoms with Crippen molar-refractivity contribution in [1.29, 1.82) is 0 Å². The molecule has 0 aromatic heterocycles. The summed E-state index contributed by atoms with van der Waals surface area (Å²) in [7, 11) is 0. The molecule has 0 aromatic rings. The molecule has 0 aliphatic heterocycles. The Morgan fingerprint density at radius 1 is 1.35 bits per heavy atom. The highest BCUT2D eigenvalue weighted by atomic mass is 19.4. The van der Waals surface area contributed by atoms with Crippen molar-refractivity contribution >= 4 is 5.91 Å². The molecule has 17 heavy (non-hydrogen) atoms. The predicted molar refractivity (Wildman–Crippen MR) is 58.2 cm³/mol. The fraction of sp³-hybridized carbons (Fsp3) is 0.909. The van der Waals surface area contributed by atoms with Crippen LogP contribution in [0.15, 0.2) is 0 Å². The number of carbonyl (C=O) groups is 1. The van der Waals surface area contributed by atoms with E-state index in [9.17, 15) is 18.0 Å². The monoisotopic (exact) mass is 252 g/mol. The van der Waals surface area contributed by atoms with Gasteiger partial charge in [-0.05, 0) is 25.7 Å². The van der Waals surface area contributed by atoms with Crippen molar-refractivity contribution in [2.24, 2.45) is 11.7 Å². The summed E-state index contributed by atoms with van der Waals surface area (Å²) in [4.78, 5) is 11.6. The molecule has 2 unspecified atom stereocenters. The molecule has 1 fully saturated rings. The molecular weight excluding hydrogens is 233 g/mol. The molecular formula is C11H19F3N2O. The van der Waals surface area contributed by atoms with Gasteiger partial charge in [0.15, 0.2) is 0 Å². The van der Waals surface area contributed by atoms with Gasteiger partial charge in [-0.15, -0.1) is 0 Å². The Morgan fingerprint density at radius 3 is 2.65 bits per heavy atom. The lowest BCUT2D eigenvalue weighted by molar-refractivity contribution is -0.136. The third kappa shape index (κ3) is 5.91. The van der Waals surface area contributed by atoms with Crippen molar-refractivity contribution in [3.63, 3.8) is 0 Å². The first-order valence-corrected chi connectivity index (χ1v) is 5.98. The molecule has 100 valence electrons. The molecule has 1 aliphatic carbocycles. The summed E-state index contributed by atoms with van der Waals surface area (Å²) in [5.41, 5.74) is 5.75. The minimum Gasteiger partial charge on any atom is -0.356 e. The maximum absolute atomic E-state index is 11.9. The summed E-state index contributed by atoms with van der Waals surface area (Å²) >= 11 is 0. The number of amides is 1. The summed E-state index contributed by atoms with van der Waals surface area (Å²) in [6.45, 7) is 0.0874. The molecule has 6 heteroatoms. The van der Waals surface area contributed by atoms with Gasteiger partial charge in [-0.1, -0.05) is 6.42 Å². The molecule has 2 atom stereocenters. The van der Waals surface area contributed by atoms with Crippen LogP contribution in [0.3, 0.4) is 0 Å². The Kier molecular flexibility index (Phi) is 5.24. The van der Waals surface area contributed by atoms with Crippen LogP contribution in [0, 0.1) is 5.92 Å². The number of carbonyl (C=O) groups excluding carboxylic acids is 1. The van der Waals surface area contributed by atoms with Gasteiger partial charge in [-0.3, -0.25) is 4.79 Å². The number of alkyl halides is 3. The summed E-state index contributed by atoms with van der Waals surface area (Å²) in [6, 6.07) is 0.0506. The fourth-order valence-corrected chi connectivity index (χ4v) is 2.11. The molecule has 1 saturated carbocycles. The van der Waals surface area contributed by atoms with Gasteiger partial charge in [-0.2, -0.15) is 13.2 Å². The van der Waals surface area contributed by atoms with Crippen LogP contribution in [-0.2, 0) is 4.79 Å². The minimum atomic E-state index is -4.14. The van der Waals surface area contributed by atoms with Gasteiger partial charge in [0.05, 0.1) is 0 Å². The van der Waals surface area contributed by atoms with E-state index in [0.717, 1.165) is 19.3 Å². The van der Waals surface area contributed by atoms with Gasteiger partial charge in [-0.25, -0.2) is 0 Å². The number of hydrogen-bond acceptors (Lipinski definition) is 2. The normalized spacial score (nSPS) is 25.6. The summed E-state index contributed by atoms with van der Waals surface area (Å²) in [6.07, 6.45) is -1.77. The number of rotatable bonds is 4. The molecule has 1 rings (SSSR count). The second kappa shape index (κ2) is 6.23. The Labute approximate surface area is 98.9 Å². The van der Waals surface area contributed by atoms with Crippen LogP contribution in [0.2, 0.25) is 0 Å². The Hall–Kier alpha value is -0.780. The number of nitrogens with two attached hydrogens (primary N) is 1. The fourth-order valence-electron chi connectivity index (χ4n) is 2.11. The van der Waals surface area contributed by atoms with Crippen LogP contribution in [0.1, 0.15) is 38.5 Å². The van der Waals surface area contributed by atoms with Crippen LogP contribution in [0.4, 0.5) is 13.2 Å². The Bertz CT molecular complexity index is 256. The molecule has 0 saturated heterocycles. The second-order valence-corrected chi connectivity index (χ2v) is 4.63. The first-order valence-electron chi connectivity index (χ1n) is 5.98. The van der Waals surface area contributed by atoms with Gasteiger partial charge in [0.25, 0.3) is 0 Å². The average Bonchev–Trinajstić information content (AvgIpc) is 2.23. The smallest absolute Gasteiger partial charge is 0.356 e. The highest BCUT2D eigenvalue weighted by Crippen LogP contribution is 2.23. The summed E-state index contributed by atoms with van der Waals surface area (Å²) < 4.78 is 35.6. The van der Waals surface area contributed by atoms with Crippen LogP contribution < -0.4 is 11.1 Å². The van der Waals surface area contributed by atoms with Crippen molar-refractivity contribution in [3.05, 3.63) is 0 Å². The molecule has 0 radical (unpaired) electrons. The van der Waals surface area contributed by atoms with Gasteiger partial charge < -0.3 is 11.1 Å². The van der Waals surface area contributed by atoms with Crippen molar-refractivity contribution < 1.29 is 18.0 Å². The molecule has 3 nitrogen and oxygen atoms in total. The van der Waals surface area contributed by atoms with Crippen molar-refractivity contribution in [3.8, 4) is 0 Å². The maximum atomic E-state index is 11.9. The zero-order valence-corrected chi connectivity index (χ0v) is 9.72. The van der Waals surface area contributed by atoms with Crippen molar-refractivity contribution in [2.75, 3.05) is 6.54 Å². The van der Waals surface area contributed by atoms with E-state index in [-0.39, 0.29) is 30.8 Å². The highest BCUT2D eigenvalue weighted by Gasteiger charge is 2.27. The van der Waals surface area contributed by atoms with E-state index < -0.39 is 12.6 Å². The first kappa shape index (κ1) is 14.3. The highest BCUT2D eigenvalue weighted by molar-refractivity contribution is 5.78. The molecule has 0 spiro atoms. The Balaban J connectivity index is 2.16. The zero-order chi connectivity index (χ0) is 12.9. The molecule has 0 heterocycles. The second-order valence-electron chi connectivity index (χ2n) is 4.63. The largest absolute Gasteiger partial charge is 0.389 e. The van der Waals surface area contributed by atoms with Gasteiger partial charge in [0.1, 0.15) is 0 Å². The lowest BCUT2D eigenvalue weighted by Gasteiger charge is -2.25. The third-order valence-electron chi connectivity index (χ3n) is 3.02. The molecule has 1 amide bonds. The minimum absolute atomic E-state index is 0.0506. The van der Waals surface area contributed by atoms with Crippen LogP contribution >= 0.6 is 0 Å². The number of hydrogen-bond donors (Lipinski definition) is 2.